The van der Waals surface area contributed by atoms with Crippen LogP contribution in [0, 0.1) is 0 Å². The fourth-order valence-corrected chi connectivity index (χ4v) is 2.56. The van der Waals surface area contributed by atoms with Crippen molar-refractivity contribution in [1.29, 1.82) is 0 Å². The van der Waals surface area contributed by atoms with Crippen LogP contribution in [0.2, 0.25) is 10.3 Å². The molecular formula is C13H12BrCl2N3. The van der Waals surface area contributed by atoms with Crippen molar-refractivity contribution in [2.24, 2.45) is 0 Å². The third-order valence-corrected chi connectivity index (χ3v) is 3.53. The fourth-order valence-electron chi connectivity index (χ4n) is 1.66. The van der Waals surface area contributed by atoms with E-state index in [1.165, 1.54) is 0 Å². The third-order valence-electron chi connectivity index (χ3n) is 2.46. The van der Waals surface area contributed by atoms with E-state index in [-0.39, 0.29) is 0 Å². The first-order chi connectivity index (χ1) is 8.97. The Morgan fingerprint density at radius 2 is 1.58 bits per heavy atom. The van der Waals surface area contributed by atoms with E-state index in [0.717, 1.165) is 10.0 Å². The van der Waals surface area contributed by atoms with Gasteiger partial charge >= 0.3 is 0 Å². The summed E-state index contributed by atoms with van der Waals surface area (Å²) in [6.07, 6.45) is 0. The minimum Gasteiger partial charge on any atom is -0.302 e. The van der Waals surface area contributed by atoms with Crippen LogP contribution in [0.5, 0.6) is 0 Å². The van der Waals surface area contributed by atoms with E-state index < -0.39 is 0 Å². The topological polar surface area (TPSA) is 29.0 Å². The number of nitrogens with zero attached hydrogens (tertiary/aromatic N) is 3. The van der Waals surface area contributed by atoms with Crippen molar-refractivity contribution in [3.63, 3.8) is 0 Å². The molecule has 6 heteroatoms. The lowest BCUT2D eigenvalue weighted by Crippen LogP contribution is -2.13. The standard InChI is InChI=1S/C13H12BrCl2N3/c1-19(2)7-10-17-12(15)11(13(16)18-10)8-3-5-9(14)6-4-8/h3-6H,7H2,1-2H3. The smallest absolute Gasteiger partial charge is 0.145 e. The maximum Gasteiger partial charge on any atom is 0.145 e. The van der Waals surface area contributed by atoms with E-state index in [1.54, 1.807) is 0 Å². The summed E-state index contributed by atoms with van der Waals surface area (Å²) in [7, 11) is 3.88. The Labute approximate surface area is 130 Å². The highest BCUT2D eigenvalue weighted by molar-refractivity contribution is 9.10. The first-order valence-electron chi connectivity index (χ1n) is 5.60. The van der Waals surface area contributed by atoms with Crippen molar-refractivity contribution >= 4 is 39.1 Å². The molecule has 0 radical (unpaired) electrons. The second-order valence-electron chi connectivity index (χ2n) is 4.34. The monoisotopic (exact) mass is 359 g/mol. The van der Waals surface area contributed by atoms with Gasteiger partial charge in [0.2, 0.25) is 0 Å². The summed E-state index contributed by atoms with van der Waals surface area (Å²) >= 11 is 15.8. The molecule has 2 aromatic rings. The van der Waals surface area contributed by atoms with Crippen molar-refractivity contribution in [3.8, 4) is 11.1 Å². The van der Waals surface area contributed by atoms with Crippen molar-refractivity contribution in [1.82, 2.24) is 14.9 Å². The Hall–Kier alpha value is -0.680. The summed E-state index contributed by atoms with van der Waals surface area (Å²) in [5.41, 5.74) is 1.56. The molecule has 19 heavy (non-hydrogen) atoms. The lowest BCUT2D eigenvalue weighted by atomic mass is 10.1. The first-order valence-corrected chi connectivity index (χ1v) is 7.15. The second kappa shape index (κ2) is 6.18. The summed E-state index contributed by atoms with van der Waals surface area (Å²) < 4.78 is 0.994. The van der Waals surface area contributed by atoms with Gasteiger partial charge in [-0.15, -0.1) is 0 Å². The molecule has 2 rings (SSSR count). The highest BCUT2D eigenvalue weighted by Gasteiger charge is 2.14. The minimum absolute atomic E-state index is 0.374. The molecule has 1 aromatic carbocycles. The third kappa shape index (κ3) is 3.66. The van der Waals surface area contributed by atoms with Crippen LogP contribution in [-0.4, -0.2) is 29.0 Å². The van der Waals surface area contributed by atoms with Gasteiger partial charge in [-0.3, -0.25) is 0 Å². The lowest BCUT2D eigenvalue weighted by molar-refractivity contribution is 0.390. The molecule has 0 fully saturated rings. The average Bonchev–Trinajstić information content (AvgIpc) is 2.29. The molecule has 1 aromatic heterocycles. The van der Waals surface area contributed by atoms with Crippen molar-refractivity contribution in [2.75, 3.05) is 14.1 Å². The van der Waals surface area contributed by atoms with Gasteiger partial charge in [-0.25, -0.2) is 9.97 Å². The van der Waals surface area contributed by atoms with Crippen LogP contribution in [0.1, 0.15) is 5.82 Å². The Morgan fingerprint density at radius 3 is 2.05 bits per heavy atom. The number of rotatable bonds is 3. The Balaban J connectivity index is 2.44. The summed E-state index contributed by atoms with van der Waals surface area (Å²) in [5, 5.41) is 0.748. The van der Waals surface area contributed by atoms with Crippen LogP contribution in [0.25, 0.3) is 11.1 Å². The molecule has 1 heterocycles. The summed E-state index contributed by atoms with van der Waals surface area (Å²) in [5.74, 6) is 0.612. The maximum atomic E-state index is 6.23. The summed E-state index contributed by atoms with van der Waals surface area (Å²) in [6.45, 7) is 0.597. The van der Waals surface area contributed by atoms with Gasteiger partial charge in [0.05, 0.1) is 12.1 Å². The number of hydrogen-bond donors (Lipinski definition) is 0. The van der Waals surface area contributed by atoms with Crippen LogP contribution in [-0.2, 0) is 6.54 Å². The summed E-state index contributed by atoms with van der Waals surface area (Å²) in [6, 6.07) is 7.70. The zero-order chi connectivity index (χ0) is 14.0. The van der Waals surface area contributed by atoms with Crippen LogP contribution in [0.4, 0.5) is 0 Å². The van der Waals surface area contributed by atoms with Crippen LogP contribution >= 0.6 is 39.1 Å². The molecule has 0 unspecified atom stereocenters. The molecule has 0 saturated heterocycles. The molecule has 0 saturated carbocycles. The molecule has 3 nitrogen and oxygen atoms in total. The lowest BCUT2D eigenvalue weighted by Gasteiger charge is -2.11. The predicted octanol–water partition coefficient (Wildman–Crippen LogP) is 4.27. The fraction of sp³-hybridized carbons (Fsp3) is 0.231. The number of hydrogen-bond acceptors (Lipinski definition) is 3. The average molecular weight is 361 g/mol. The Morgan fingerprint density at radius 1 is 1.05 bits per heavy atom. The van der Waals surface area contributed by atoms with Gasteiger partial charge in [-0.2, -0.15) is 0 Å². The van der Waals surface area contributed by atoms with Gasteiger partial charge in [0.1, 0.15) is 16.1 Å². The molecule has 0 atom stereocenters. The summed E-state index contributed by atoms with van der Waals surface area (Å²) in [4.78, 5) is 10.5. The normalized spacial score (nSPS) is 11.1. The number of benzene rings is 1. The van der Waals surface area contributed by atoms with E-state index >= 15 is 0 Å². The Kier molecular flexibility index (Phi) is 4.79. The number of halogens is 3. The molecule has 0 aliphatic heterocycles. The number of aromatic nitrogens is 2. The van der Waals surface area contributed by atoms with Gasteiger partial charge < -0.3 is 4.90 Å². The van der Waals surface area contributed by atoms with Crippen LogP contribution in [0.15, 0.2) is 28.7 Å². The van der Waals surface area contributed by atoms with E-state index in [0.29, 0.717) is 28.2 Å². The Bertz CT molecular complexity index is 562. The van der Waals surface area contributed by atoms with Gasteiger partial charge in [0, 0.05) is 4.47 Å². The van der Waals surface area contributed by atoms with Gasteiger partial charge in [0.15, 0.2) is 0 Å². The molecule has 0 amide bonds. The minimum atomic E-state index is 0.374. The second-order valence-corrected chi connectivity index (χ2v) is 5.97. The van der Waals surface area contributed by atoms with E-state index in [1.807, 2.05) is 43.3 Å². The highest BCUT2D eigenvalue weighted by Crippen LogP contribution is 2.33. The SMILES string of the molecule is CN(C)Cc1nc(Cl)c(-c2ccc(Br)cc2)c(Cl)n1. The molecule has 100 valence electrons. The van der Waals surface area contributed by atoms with Gasteiger partial charge in [-0.1, -0.05) is 51.3 Å². The van der Waals surface area contributed by atoms with Crippen molar-refractivity contribution in [3.05, 3.63) is 44.9 Å². The van der Waals surface area contributed by atoms with E-state index in [2.05, 4.69) is 25.9 Å². The quantitative estimate of drug-likeness (QED) is 0.765. The zero-order valence-corrected chi connectivity index (χ0v) is 13.6. The molecular weight excluding hydrogens is 349 g/mol. The van der Waals surface area contributed by atoms with Crippen LogP contribution < -0.4 is 0 Å². The van der Waals surface area contributed by atoms with Crippen molar-refractivity contribution in [2.45, 2.75) is 6.54 Å². The first kappa shape index (κ1) is 14.7. The molecule has 0 aliphatic carbocycles. The zero-order valence-electron chi connectivity index (χ0n) is 10.5. The van der Waals surface area contributed by atoms with E-state index in [4.69, 9.17) is 23.2 Å². The maximum absolute atomic E-state index is 6.23. The van der Waals surface area contributed by atoms with Crippen molar-refractivity contribution < 1.29 is 0 Å². The van der Waals surface area contributed by atoms with Crippen LogP contribution in [0.3, 0.4) is 0 Å². The molecule has 0 N–H and O–H groups in total. The molecule has 0 aliphatic rings. The van der Waals surface area contributed by atoms with Gasteiger partial charge in [-0.05, 0) is 31.8 Å². The van der Waals surface area contributed by atoms with E-state index in [9.17, 15) is 0 Å². The predicted molar refractivity (Wildman–Crippen MR) is 82.6 cm³/mol. The molecule has 0 spiro atoms. The largest absolute Gasteiger partial charge is 0.302 e. The highest BCUT2D eigenvalue weighted by atomic mass is 79.9. The van der Waals surface area contributed by atoms with Gasteiger partial charge in [0.25, 0.3) is 0 Å². The molecule has 0 bridgehead atoms.